The van der Waals surface area contributed by atoms with Gasteiger partial charge in [0.15, 0.2) is 5.82 Å². The zero-order valence-electron chi connectivity index (χ0n) is 15.0. The Balaban J connectivity index is 1.92. The predicted octanol–water partition coefficient (Wildman–Crippen LogP) is 1.33. The molecule has 0 atom stereocenters. The number of hydrogen-bond donors (Lipinski definition) is 2. The van der Waals surface area contributed by atoms with Crippen LogP contribution in [0.2, 0.25) is 0 Å². The number of rotatable bonds is 7. The molecule has 3 N–H and O–H groups in total. The molecule has 2 heterocycles. The molecule has 0 fully saturated rings. The first-order chi connectivity index (χ1) is 13.3. The Labute approximate surface area is 158 Å². The second kappa shape index (κ2) is 7.59. The summed E-state index contributed by atoms with van der Waals surface area (Å²) in [4.78, 5) is 28.1. The molecule has 28 heavy (non-hydrogen) atoms. The van der Waals surface area contributed by atoms with Crippen LogP contribution in [0.5, 0.6) is 0 Å². The zero-order chi connectivity index (χ0) is 20.3. The summed E-state index contributed by atoms with van der Waals surface area (Å²) in [6.07, 6.45) is 4.43. The highest BCUT2D eigenvalue weighted by Gasteiger charge is 2.31. The monoisotopic (exact) mass is 388 g/mol. The lowest BCUT2D eigenvalue weighted by Crippen LogP contribution is -2.33. The Hall–Kier alpha value is -3.56. The van der Waals surface area contributed by atoms with Gasteiger partial charge >= 0.3 is 0 Å². The van der Waals surface area contributed by atoms with E-state index < -0.39 is 30.5 Å². The summed E-state index contributed by atoms with van der Waals surface area (Å²) in [5, 5.41) is 6.39. The molecule has 3 rings (SSSR count). The Morgan fingerprint density at radius 3 is 2.57 bits per heavy atom. The SMILES string of the molecule is Cn1cc(-c2cnc(NCC(F)(F)c3ccccc3)c(=O)n2CC(N)=O)cn1. The van der Waals surface area contributed by atoms with Gasteiger partial charge in [-0.2, -0.15) is 13.9 Å². The summed E-state index contributed by atoms with van der Waals surface area (Å²) in [6, 6.07) is 7.24. The maximum absolute atomic E-state index is 14.3. The minimum absolute atomic E-state index is 0.188. The maximum Gasteiger partial charge on any atom is 0.294 e. The lowest BCUT2D eigenvalue weighted by atomic mass is 10.1. The van der Waals surface area contributed by atoms with E-state index in [1.54, 1.807) is 19.3 Å². The third-order valence-electron chi connectivity index (χ3n) is 4.04. The molecule has 1 aromatic carbocycles. The second-order valence-corrected chi connectivity index (χ2v) is 6.18. The van der Waals surface area contributed by atoms with E-state index in [9.17, 15) is 18.4 Å². The van der Waals surface area contributed by atoms with Gasteiger partial charge in [0.05, 0.1) is 24.6 Å². The average Bonchev–Trinajstić information content (AvgIpc) is 3.09. The van der Waals surface area contributed by atoms with Gasteiger partial charge in [0.1, 0.15) is 6.54 Å². The number of anilines is 1. The number of alkyl halides is 2. The van der Waals surface area contributed by atoms with Crippen LogP contribution in [-0.4, -0.2) is 31.8 Å². The molecule has 0 aliphatic heterocycles. The Bertz CT molecular complexity index is 1050. The summed E-state index contributed by atoms with van der Waals surface area (Å²) in [7, 11) is 1.69. The number of hydrogen-bond acceptors (Lipinski definition) is 5. The van der Waals surface area contributed by atoms with Crippen molar-refractivity contribution in [3.8, 4) is 11.3 Å². The van der Waals surface area contributed by atoms with Crippen LogP contribution < -0.4 is 16.6 Å². The van der Waals surface area contributed by atoms with E-state index in [0.717, 1.165) is 4.57 Å². The van der Waals surface area contributed by atoms with Crippen LogP contribution >= 0.6 is 0 Å². The van der Waals surface area contributed by atoms with Crippen molar-refractivity contribution in [3.05, 3.63) is 64.8 Å². The fraction of sp³-hybridized carbons (Fsp3) is 0.222. The third kappa shape index (κ3) is 4.05. The van der Waals surface area contributed by atoms with E-state index in [2.05, 4.69) is 15.4 Å². The lowest BCUT2D eigenvalue weighted by Gasteiger charge is -2.18. The highest BCUT2D eigenvalue weighted by atomic mass is 19.3. The lowest BCUT2D eigenvalue weighted by molar-refractivity contribution is -0.118. The molecule has 0 aliphatic carbocycles. The van der Waals surface area contributed by atoms with Crippen LogP contribution in [-0.2, 0) is 24.3 Å². The average molecular weight is 388 g/mol. The van der Waals surface area contributed by atoms with Crippen LogP contribution in [0.4, 0.5) is 14.6 Å². The van der Waals surface area contributed by atoms with Gasteiger partial charge in [-0.15, -0.1) is 0 Å². The number of nitrogens with two attached hydrogens (primary N) is 1. The number of amides is 1. The van der Waals surface area contributed by atoms with E-state index in [1.165, 1.54) is 41.3 Å². The van der Waals surface area contributed by atoms with Gasteiger partial charge in [-0.1, -0.05) is 30.3 Å². The van der Waals surface area contributed by atoms with Crippen molar-refractivity contribution in [2.24, 2.45) is 12.8 Å². The van der Waals surface area contributed by atoms with Gasteiger partial charge in [0.2, 0.25) is 5.91 Å². The maximum atomic E-state index is 14.3. The van der Waals surface area contributed by atoms with Gasteiger partial charge in [-0.3, -0.25) is 18.8 Å². The molecule has 2 aromatic heterocycles. The number of benzene rings is 1. The Kier molecular flexibility index (Phi) is 5.21. The van der Waals surface area contributed by atoms with Crippen molar-refractivity contribution in [2.45, 2.75) is 12.5 Å². The number of aryl methyl sites for hydroxylation is 1. The molecule has 8 nitrogen and oxygen atoms in total. The van der Waals surface area contributed by atoms with Gasteiger partial charge in [-0.25, -0.2) is 4.98 Å². The van der Waals surface area contributed by atoms with E-state index in [4.69, 9.17) is 5.73 Å². The molecule has 0 radical (unpaired) electrons. The molecule has 146 valence electrons. The van der Waals surface area contributed by atoms with Crippen LogP contribution in [0, 0.1) is 0 Å². The number of nitrogens with one attached hydrogen (secondary N) is 1. The summed E-state index contributed by atoms with van der Waals surface area (Å²) in [6.45, 7) is -1.25. The molecule has 0 saturated heterocycles. The van der Waals surface area contributed by atoms with Gasteiger partial charge in [0.25, 0.3) is 11.5 Å². The number of halogens is 2. The largest absolute Gasteiger partial charge is 0.368 e. The van der Waals surface area contributed by atoms with Crippen LogP contribution in [0.25, 0.3) is 11.3 Å². The second-order valence-electron chi connectivity index (χ2n) is 6.18. The van der Waals surface area contributed by atoms with Gasteiger partial charge in [-0.05, 0) is 0 Å². The van der Waals surface area contributed by atoms with E-state index in [0.29, 0.717) is 11.3 Å². The van der Waals surface area contributed by atoms with Crippen molar-refractivity contribution < 1.29 is 13.6 Å². The fourth-order valence-electron chi connectivity index (χ4n) is 2.68. The van der Waals surface area contributed by atoms with Crippen molar-refractivity contribution in [1.82, 2.24) is 19.3 Å². The fourth-order valence-corrected chi connectivity index (χ4v) is 2.68. The summed E-state index contributed by atoms with van der Waals surface area (Å²) in [5.41, 5.74) is 5.15. The minimum Gasteiger partial charge on any atom is -0.368 e. The highest BCUT2D eigenvalue weighted by Crippen LogP contribution is 2.27. The first-order valence-corrected chi connectivity index (χ1v) is 8.32. The molecule has 0 spiro atoms. The van der Waals surface area contributed by atoms with Gasteiger partial charge in [0, 0.05) is 24.4 Å². The van der Waals surface area contributed by atoms with Crippen molar-refractivity contribution >= 4 is 11.7 Å². The normalized spacial score (nSPS) is 11.4. The molecular formula is C18H18F2N6O2. The van der Waals surface area contributed by atoms with Crippen LogP contribution in [0.15, 0.2) is 53.7 Å². The standard InChI is InChI=1S/C18H18F2N6O2/c1-25-9-12(7-24-25)14-8-22-16(17(28)26(14)10-15(21)27)23-11-18(19,20)13-5-3-2-4-6-13/h2-9H,10-11H2,1H3,(H2,21,27)(H,22,23). The number of aromatic nitrogens is 4. The smallest absolute Gasteiger partial charge is 0.294 e. The first-order valence-electron chi connectivity index (χ1n) is 8.32. The number of carbonyl (C=O) groups is 1. The van der Waals surface area contributed by atoms with E-state index >= 15 is 0 Å². The quantitative estimate of drug-likeness (QED) is 0.635. The number of nitrogens with zero attached hydrogens (tertiary/aromatic N) is 4. The first kappa shape index (κ1) is 19.2. The molecular weight excluding hydrogens is 370 g/mol. The zero-order valence-corrected chi connectivity index (χ0v) is 15.0. The van der Waals surface area contributed by atoms with E-state index in [-0.39, 0.29) is 11.4 Å². The molecule has 0 saturated carbocycles. The summed E-state index contributed by atoms with van der Waals surface area (Å²) >= 11 is 0. The Morgan fingerprint density at radius 1 is 1.25 bits per heavy atom. The molecule has 0 aliphatic rings. The molecule has 0 bridgehead atoms. The topological polar surface area (TPSA) is 108 Å². The van der Waals surface area contributed by atoms with Crippen molar-refractivity contribution in [2.75, 3.05) is 11.9 Å². The minimum atomic E-state index is -3.22. The number of primary amides is 1. The highest BCUT2D eigenvalue weighted by molar-refractivity contribution is 5.74. The van der Waals surface area contributed by atoms with Crippen molar-refractivity contribution in [1.29, 1.82) is 0 Å². The third-order valence-corrected chi connectivity index (χ3v) is 4.04. The molecule has 1 amide bonds. The van der Waals surface area contributed by atoms with Crippen LogP contribution in [0.3, 0.4) is 0 Å². The number of carbonyl (C=O) groups excluding carboxylic acids is 1. The van der Waals surface area contributed by atoms with Gasteiger partial charge < -0.3 is 11.1 Å². The molecule has 10 heteroatoms. The van der Waals surface area contributed by atoms with Crippen molar-refractivity contribution in [3.63, 3.8) is 0 Å². The molecule has 3 aromatic rings. The summed E-state index contributed by atoms with van der Waals surface area (Å²) in [5.74, 6) is -4.27. The summed E-state index contributed by atoms with van der Waals surface area (Å²) < 4.78 is 31.3. The Morgan fingerprint density at radius 2 is 1.96 bits per heavy atom. The molecule has 0 unspecified atom stereocenters. The van der Waals surface area contributed by atoms with E-state index in [1.807, 2.05) is 0 Å². The predicted molar refractivity (Wildman–Crippen MR) is 98.7 cm³/mol. The van der Waals surface area contributed by atoms with Crippen LogP contribution in [0.1, 0.15) is 5.56 Å².